The molecule has 1 atom stereocenters. The molecule has 1 unspecified atom stereocenters. The van der Waals surface area contributed by atoms with Crippen molar-refractivity contribution in [2.24, 2.45) is 0 Å². The van der Waals surface area contributed by atoms with E-state index in [0.29, 0.717) is 0 Å². The smallest absolute Gasteiger partial charge is 0.317 e. The van der Waals surface area contributed by atoms with Crippen molar-refractivity contribution in [3.8, 4) is 0 Å². The standard InChI is InChI=1S/C2H5O2PS/c3-2(1-6)4-5/h6H,1,5H2. The fraction of sp³-hybridized carbons (Fsp3) is 0.500. The summed E-state index contributed by atoms with van der Waals surface area (Å²) in [5, 5.41) is 0. The van der Waals surface area contributed by atoms with E-state index < -0.39 is 0 Å². The number of carbonyl (C=O) groups is 1. The van der Waals surface area contributed by atoms with Crippen molar-refractivity contribution in [3.63, 3.8) is 0 Å². The van der Waals surface area contributed by atoms with Crippen LogP contribution < -0.4 is 0 Å². The summed E-state index contributed by atoms with van der Waals surface area (Å²) in [6.45, 7) is 0. The van der Waals surface area contributed by atoms with Gasteiger partial charge in [0.25, 0.3) is 0 Å². The largest absolute Gasteiger partial charge is 0.451 e. The van der Waals surface area contributed by atoms with Crippen LogP contribution in [0.15, 0.2) is 0 Å². The number of thiol groups is 1. The normalized spacial score (nSPS) is 7.67. The molecular formula is C2H5O2PS. The summed E-state index contributed by atoms with van der Waals surface area (Å²) in [4.78, 5) is 9.86. The fourth-order valence-corrected chi connectivity index (χ4v) is 0.335. The van der Waals surface area contributed by atoms with E-state index in [2.05, 4.69) is 17.2 Å². The molecule has 4 heteroatoms. The summed E-state index contributed by atoms with van der Waals surface area (Å²) in [6, 6.07) is 0. The van der Waals surface area contributed by atoms with Gasteiger partial charge in [-0.3, -0.25) is 4.79 Å². The molecule has 6 heavy (non-hydrogen) atoms. The van der Waals surface area contributed by atoms with Gasteiger partial charge in [0.1, 0.15) is 0 Å². The van der Waals surface area contributed by atoms with Crippen LogP contribution in [0.2, 0.25) is 0 Å². The highest BCUT2D eigenvalue weighted by atomic mass is 32.1. The Balaban J connectivity index is 2.99. The van der Waals surface area contributed by atoms with E-state index in [1.54, 1.807) is 0 Å². The number of carbonyl (C=O) groups excluding carboxylic acids is 1. The second-order valence-electron chi connectivity index (χ2n) is 0.648. The van der Waals surface area contributed by atoms with Gasteiger partial charge in [0.05, 0.1) is 15.2 Å². The van der Waals surface area contributed by atoms with Crippen LogP contribution in [-0.4, -0.2) is 11.7 Å². The van der Waals surface area contributed by atoms with Crippen LogP contribution in [0.4, 0.5) is 0 Å². The SMILES string of the molecule is O=C(CS)OP. The molecule has 0 N–H and O–H groups in total. The van der Waals surface area contributed by atoms with E-state index in [0.717, 1.165) is 0 Å². The van der Waals surface area contributed by atoms with Gasteiger partial charge >= 0.3 is 5.97 Å². The van der Waals surface area contributed by atoms with Crippen LogP contribution in [0.1, 0.15) is 0 Å². The molecule has 0 rings (SSSR count). The third-order valence-electron chi connectivity index (χ3n) is 0.261. The van der Waals surface area contributed by atoms with Crippen LogP contribution >= 0.6 is 22.1 Å². The highest BCUT2D eigenvalue weighted by Gasteiger charge is 1.88. The maximum absolute atomic E-state index is 9.86. The molecule has 0 saturated carbocycles. The van der Waals surface area contributed by atoms with E-state index in [4.69, 9.17) is 0 Å². The molecule has 0 aliphatic carbocycles. The van der Waals surface area contributed by atoms with Gasteiger partial charge in [-0.1, -0.05) is 0 Å². The van der Waals surface area contributed by atoms with E-state index in [9.17, 15) is 4.79 Å². The van der Waals surface area contributed by atoms with E-state index in [1.807, 2.05) is 9.47 Å². The Morgan fingerprint density at radius 2 is 2.50 bits per heavy atom. The minimum Gasteiger partial charge on any atom is -0.451 e. The van der Waals surface area contributed by atoms with Crippen molar-refractivity contribution < 1.29 is 9.32 Å². The molecule has 0 radical (unpaired) electrons. The highest BCUT2D eigenvalue weighted by molar-refractivity contribution is 7.81. The summed E-state index contributed by atoms with van der Waals surface area (Å²) < 4.78 is 4.10. The molecule has 0 fully saturated rings. The van der Waals surface area contributed by atoms with Gasteiger partial charge in [0.2, 0.25) is 0 Å². The van der Waals surface area contributed by atoms with Crippen molar-refractivity contribution in [2.75, 3.05) is 5.75 Å². The van der Waals surface area contributed by atoms with Crippen molar-refractivity contribution >= 4 is 28.1 Å². The Labute approximate surface area is 44.0 Å². The molecule has 2 nitrogen and oxygen atoms in total. The van der Waals surface area contributed by atoms with Crippen molar-refractivity contribution in [1.29, 1.82) is 0 Å². The molecule has 0 bridgehead atoms. The lowest BCUT2D eigenvalue weighted by Gasteiger charge is -1.86. The minimum atomic E-state index is -0.330. The third kappa shape index (κ3) is 2.49. The lowest BCUT2D eigenvalue weighted by atomic mass is 10.8. The van der Waals surface area contributed by atoms with Crippen molar-refractivity contribution in [1.82, 2.24) is 0 Å². The Morgan fingerprint density at radius 1 is 2.00 bits per heavy atom. The zero-order chi connectivity index (χ0) is 4.99. The Hall–Kier alpha value is 0.250. The summed E-state index contributed by atoms with van der Waals surface area (Å²) in [7, 11) is 1.84. The lowest BCUT2D eigenvalue weighted by molar-refractivity contribution is -0.130. The van der Waals surface area contributed by atoms with Crippen LogP contribution in [0.5, 0.6) is 0 Å². The van der Waals surface area contributed by atoms with Gasteiger partial charge in [-0.2, -0.15) is 12.6 Å². The quantitative estimate of drug-likeness (QED) is 0.400. The molecule has 0 aromatic carbocycles. The molecule has 0 spiro atoms. The average Bonchev–Trinajstić information content (AvgIpc) is 1.65. The van der Waals surface area contributed by atoms with Crippen LogP contribution in [0, 0.1) is 0 Å². The van der Waals surface area contributed by atoms with Crippen LogP contribution in [0.3, 0.4) is 0 Å². The molecule has 0 aliphatic heterocycles. The summed E-state index contributed by atoms with van der Waals surface area (Å²) in [6.07, 6.45) is 0. The van der Waals surface area contributed by atoms with Crippen LogP contribution in [0.25, 0.3) is 0 Å². The second-order valence-corrected chi connectivity index (χ2v) is 1.20. The predicted molar refractivity (Wildman–Crippen MR) is 29.7 cm³/mol. The number of hydrogen-bond acceptors (Lipinski definition) is 3. The van der Waals surface area contributed by atoms with Crippen molar-refractivity contribution in [3.05, 3.63) is 0 Å². The van der Waals surface area contributed by atoms with Crippen LogP contribution in [-0.2, 0) is 9.32 Å². The molecule has 36 valence electrons. The number of hydrogen-bond donors (Lipinski definition) is 1. The van der Waals surface area contributed by atoms with Gasteiger partial charge in [-0.15, -0.1) is 0 Å². The maximum atomic E-state index is 9.86. The van der Waals surface area contributed by atoms with Gasteiger partial charge in [0, 0.05) is 0 Å². The summed E-state index contributed by atoms with van der Waals surface area (Å²) >= 11 is 3.61. The predicted octanol–water partition coefficient (Wildman–Crippen LogP) is 0.249. The van der Waals surface area contributed by atoms with Gasteiger partial charge < -0.3 is 4.52 Å². The number of rotatable bonds is 1. The van der Waals surface area contributed by atoms with Gasteiger partial charge in [-0.25, -0.2) is 0 Å². The summed E-state index contributed by atoms with van der Waals surface area (Å²) in [5.74, 6) is -0.188. The maximum Gasteiger partial charge on any atom is 0.317 e. The first-order valence-electron chi connectivity index (χ1n) is 1.31. The fourth-order valence-electron chi connectivity index (χ4n) is 0.0373. The molecular weight excluding hydrogens is 119 g/mol. The van der Waals surface area contributed by atoms with E-state index in [-0.39, 0.29) is 11.7 Å². The minimum absolute atomic E-state index is 0.142. The lowest BCUT2D eigenvalue weighted by Crippen LogP contribution is -1.95. The molecule has 0 aromatic heterocycles. The average molecular weight is 124 g/mol. The molecule has 0 amide bonds. The summed E-state index contributed by atoms with van der Waals surface area (Å²) in [5.41, 5.74) is 0. The first-order valence-corrected chi connectivity index (χ1v) is 2.42. The molecule has 0 heterocycles. The molecule has 0 saturated heterocycles. The highest BCUT2D eigenvalue weighted by Crippen LogP contribution is 1.86. The topological polar surface area (TPSA) is 26.3 Å². The zero-order valence-electron chi connectivity index (χ0n) is 3.05. The Kier molecular flexibility index (Phi) is 3.58. The van der Waals surface area contributed by atoms with Crippen molar-refractivity contribution in [2.45, 2.75) is 0 Å². The Bertz CT molecular complexity index is 49.5. The Morgan fingerprint density at radius 3 is 2.50 bits per heavy atom. The second kappa shape index (κ2) is 3.44. The van der Waals surface area contributed by atoms with Gasteiger partial charge in [0.15, 0.2) is 0 Å². The first kappa shape index (κ1) is 6.25. The third-order valence-corrected chi connectivity index (χ3v) is 0.782. The zero-order valence-corrected chi connectivity index (χ0v) is 5.10. The molecule has 0 aliphatic rings. The molecule has 0 aromatic rings. The van der Waals surface area contributed by atoms with E-state index >= 15 is 0 Å². The monoisotopic (exact) mass is 124 g/mol. The van der Waals surface area contributed by atoms with E-state index in [1.165, 1.54) is 0 Å². The first-order chi connectivity index (χ1) is 2.81. The van der Waals surface area contributed by atoms with Gasteiger partial charge in [-0.05, 0) is 0 Å².